The van der Waals surface area contributed by atoms with Crippen molar-refractivity contribution < 1.29 is 9.59 Å². The van der Waals surface area contributed by atoms with E-state index in [-0.39, 0.29) is 5.91 Å². The number of nitrogens with one attached hydrogen (secondary N) is 2. The summed E-state index contributed by atoms with van der Waals surface area (Å²) < 4.78 is 0. The van der Waals surface area contributed by atoms with E-state index in [9.17, 15) is 9.59 Å². The number of primary amides is 1. The number of benzene rings is 1. The first-order valence-corrected chi connectivity index (χ1v) is 5.19. The molecule has 0 bridgehead atoms. The van der Waals surface area contributed by atoms with Gasteiger partial charge in [-0.2, -0.15) is 0 Å². The van der Waals surface area contributed by atoms with Crippen molar-refractivity contribution in [3.63, 3.8) is 0 Å². The van der Waals surface area contributed by atoms with Gasteiger partial charge in [0, 0.05) is 24.3 Å². The van der Waals surface area contributed by atoms with E-state index in [2.05, 4.69) is 10.6 Å². The van der Waals surface area contributed by atoms with Gasteiger partial charge in [0.15, 0.2) is 0 Å². The zero-order valence-electron chi connectivity index (χ0n) is 9.62. The number of nitrogens with two attached hydrogens (primary N) is 2. The number of rotatable bonds is 4. The highest BCUT2D eigenvalue weighted by Gasteiger charge is 2.09. The third-order valence-electron chi connectivity index (χ3n) is 2.33. The van der Waals surface area contributed by atoms with Gasteiger partial charge in [0.2, 0.25) is 0 Å². The number of urea groups is 1. The summed E-state index contributed by atoms with van der Waals surface area (Å²) >= 11 is 0. The molecule has 0 aliphatic carbocycles. The Morgan fingerprint density at radius 1 is 1.24 bits per heavy atom. The topological polar surface area (TPSA) is 110 Å². The summed E-state index contributed by atoms with van der Waals surface area (Å²) in [5.74, 6) is -0.221. The number of hydrogen-bond acceptors (Lipinski definition) is 3. The highest BCUT2D eigenvalue weighted by molar-refractivity contribution is 5.96. The van der Waals surface area contributed by atoms with Gasteiger partial charge in [-0.25, -0.2) is 4.79 Å². The van der Waals surface area contributed by atoms with Crippen molar-refractivity contribution >= 4 is 17.6 Å². The van der Waals surface area contributed by atoms with E-state index in [0.717, 1.165) is 5.56 Å². The Hall–Kier alpha value is -2.24. The van der Waals surface area contributed by atoms with Crippen LogP contribution in [0.3, 0.4) is 0 Å². The Balaban J connectivity index is 2.53. The molecule has 17 heavy (non-hydrogen) atoms. The van der Waals surface area contributed by atoms with Crippen LogP contribution in [0.1, 0.15) is 15.9 Å². The van der Waals surface area contributed by atoms with E-state index in [4.69, 9.17) is 11.5 Å². The summed E-state index contributed by atoms with van der Waals surface area (Å²) in [4.78, 5) is 22.1. The largest absolute Gasteiger partial charge is 0.398 e. The molecule has 0 spiro atoms. The van der Waals surface area contributed by atoms with Crippen LogP contribution in [0.4, 0.5) is 10.5 Å². The lowest BCUT2D eigenvalue weighted by Gasteiger charge is -2.09. The molecule has 6 N–H and O–H groups in total. The highest BCUT2D eigenvalue weighted by Crippen LogP contribution is 2.14. The van der Waals surface area contributed by atoms with Gasteiger partial charge < -0.3 is 22.1 Å². The van der Waals surface area contributed by atoms with Crippen LogP contribution in [0.2, 0.25) is 0 Å². The Labute approximate surface area is 99.4 Å². The summed E-state index contributed by atoms with van der Waals surface area (Å²) in [6.07, 6.45) is 0. The minimum absolute atomic E-state index is 0.221. The van der Waals surface area contributed by atoms with Crippen molar-refractivity contribution in [1.82, 2.24) is 10.6 Å². The quantitative estimate of drug-likeness (QED) is 0.435. The Morgan fingerprint density at radius 2 is 1.88 bits per heavy atom. The molecule has 0 aliphatic rings. The number of carbonyl (C=O) groups is 2. The van der Waals surface area contributed by atoms with Gasteiger partial charge in [-0.05, 0) is 24.6 Å². The molecule has 0 saturated heterocycles. The number of nitrogen functional groups attached to an aromatic ring is 1. The fourth-order valence-electron chi connectivity index (χ4n) is 1.36. The van der Waals surface area contributed by atoms with Gasteiger partial charge >= 0.3 is 6.03 Å². The van der Waals surface area contributed by atoms with Gasteiger partial charge in [0.05, 0.1) is 0 Å². The molecule has 0 atom stereocenters. The standard InChI is InChI=1S/C11H16N4O2/c1-7-8(3-2-4-9(7)12)10(16)14-5-6-15-11(13)17/h2-4H,5-6,12H2,1H3,(H,14,16)(H3,13,15,17). The molecule has 1 aromatic carbocycles. The van der Waals surface area contributed by atoms with Crippen LogP contribution in [0.5, 0.6) is 0 Å². The van der Waals surface area contributed by atoms with Gasteiger partial charge in [-0.1, -0.05) is 6.07 Å². The normalized spacial score (nSPS) is 9.71. The third kappa shape index (κ3) is 3.67. The molecule has 0 radical (unpaired) electrons. The molecule has 0 saturated carbocycles. The minimum atomic E-state index is -0.612. The number of carbonyl (C=O) groups excluding carboxylic acids is 2. The molecule has 0 heterocycles. The summed E-state index contributed by atoms with van der Waals surface area (Å²) in [5, 5.41) is 5.04. The lowest BCUT2D eigenvalue weighted by Crippen LogP contribution is -2.37. The van der Waals surface area contributed by atoms with E-state index >= 15 is 0 Å². The zero-order chi connectivity index (χ0) is 12.8. The SMILES string of the molecule is Cc1c(N)cccc1C(=O)NCCNC(N)=O. The maximum absolute atomic E-state index is 11.8. The van der Waals surface area contributed by atoms with E-state index in [0.29, 0.717) is 24.3 Å². The number of anilines is 1. The lowest BCUT2D eigenvalue weighted by molar-refractivity contribution is 0.0953. The second-order valence-electron chi connectivity index (χ2n) is 3.57. The van der Waals surface area contributed by atoms with Crippen molar-refractivity contribution in [3.8, 4) is 0 Å². The van der Waals surface area contributed by atoms with Gasteiger partial charge in [-0.3, -0.25) is 4.79 Å². The van der Waals surface area contributed by atoms with E-state index in [1.165, 1.54) is 0 Å². The Bertz CT molecular complexity index is 431. The average molecular weight is 236 g/mol. The number of hydrogen-bond donors (Lipinski definition) is 4. The average Bonchev–Trinajstić information content (AvgIpc) is 2.27. The lowest BCUT2D eigenvalue weighted by atomic mass is 10.1. The zero-order valence-corrected chi connectivity index (χ0v) is 9.62. The molecule has 6 nitrogen and oxygen atoms in total. The van der Waals surface area contributed by atoms with Crippen LogP contribution >= 0.6 is 0 Å². The molecule has 6 heteroatoms. The molecule has 0 aromatic heterocycles. The van der Waals surface area contributed by atoms with E-state index in [1.807, 2.05) is 0 Å². The second kappa shape index (κ2) is 5.74. The van der Waals surface area contributed by atoms with Gasteiger partial charge in [-0.15, -0.1) is 0 Å². The van der Waals surface area contributed by atoms with Crippen LogP contribution in [0.15, 0.2) is 18.2 Å². The molecule has 3 amide bonds. The van der Waals surface area contributed by atoms with Gasteiger partial charge in [0.25, 0.3) is 5.91 Å². The predicted molar refractivity (Wildman–Crippen MR) is 65.5 cm³/mol. The fourth-order valence-corrected chi connectivity index (χ4v) is 1.36. The predicted octanol–water partition coefficient (Wildman–Crippen LogP) is -0.0247. The first-order valence-electron chi connectivity index (χ1n) is 5.19. The summed E-state index contributed by atoms with van der Waals surface area (Å²) in [6.45, 7) is 2.39. The maximum Gasteiger partial charge on any atom is 0.312 e. The molecular formula is C11H16N4O2. The first-order chi connectivity index (χ1) is 8.02. The van der Waals surface area contributed by atoms with Crippen molar-refractivity contribution in [1.29, 1.82) is 0 Å². The van der Waals surface area contributed by atoms with Crippen molar-refractivity contribution in [2.24, 2.45) is 5.73 Å². The van der Waals surface area contributed by atoms with Crippen LogP contribution < -0.4 is 22.1 Å². The Kier molecular flexibility index (Phi) is 4.33. The molecule has 1 aromatic rings. The summed E-state index contributed by atoms with van der Waals surface area (Å²) in [7, 11) is 0. The Morgan fingerprint density at radius 3 is 2.53 bits per heavy atom. The molecule has 1 rings (SSSR count). The summed E-state index contributed by atoms with van der Waals surface area (Å²) in [6, 6.07) is 4.54. The fraction of sp³-hybridized carbons (Fsp3) is 0.273. The van der Waals surface area contributed by atoms with Crippen LogP contribution in [-0.4, -0.2) is 25.0 Å². The molecule has 92 valence electrons. The van der Waals surface area contributed by atoms with Gasteiger partial charge in [0.1, 0.15) is 0 Å². The van der Waals surface area contributed by atoms with Crippen LogP contribution in [0.25, 0.3) is 0 Å². The second-order valence-corrected chi connectivity index (χ2v) is 3.57. The number of amides is 3. The molecule has 0 aliphatic heterocycles. The summed E-state index contributed by atoms with van der Waals surface area (Å²) in [5.41, 5.74) is 12.4. The van der Waals surface area contributed by atoms with Crippen LogP contribution in [0, 0.1) is 6.92 Å². The highest BCUT2D eigenvalue weighted by atomic mass is 16.2. The molecular weight excluding hydrogens is 220 g/mol. The molecule has 0 fully saturated rings. The van der Waals surface area contributed by atoms with Crippen molar-refractivity contribution in [3.05, 3.63) is 29.3 Å². The smallest absolute Gasteiger partial charge is 0.312 e. The van der Waals surface area contributed by atoms with E-state index in [1.54, 1.807) is 25.1 Å². The van der Waals surface area contributed by atoms with E-state index < -0.39 is 6.03 Å². The molecule has 0 unspecified atom stereocenters. The van der Waals surface area contributed by atoms with Crippen molar-refractivity contribution in [2.45, 2.75) is 6.92 Å². The third-order valence-corrected chi connectivity index (χ3v) is 2.33. The first kappa shape index (κ1) is 12.8. The van der Waals surface area contributed by atoms with Crippen LogP contribution in [-0.2, 0) is 0 Å². The maximum atomic E-state index is 11.8. The van der Waals surface area contributed by atoms with Crippen molar-refractivity contribution in [2.75, 3.05) is 18.8 Å². The minimum Gasteiger partial charge on any atom is -0.398 e. The monoisotopic (exact) mass is 236 g/mol.